The number of nitrogens with zero attached hydrogens (tertiary/aromatic N) is 8. The van der Waals surface area contributed by atoms with Crippen molar-refractivity contribution in [1.82, 2.24) is 24.5 Å². The number of piperidine rings is 1. The first-order chi connectivity index (χ1) is 20.7. The fourth-order valence-corrected chi connectivity index (χ4v) is 5.78. The Labute approximate surface area is 236 Å². The second kappa shape index (κ2) is 9.51. The molecule has 0 amide bonds. The number of piperazine rings is 1. The average Bonchev–Trinajstić information content (AvgIpc) is 3.68. The van der Waals surface area contributed by atoms with E-state index in [9.17, 15) is 10.5 Å². The van der Waals surface area contributed by atoms with Crippen LogP contribution in [0.1, 0.15) is 34.5 Å². The van der Waals surface area contributed by atoms with Crippen molar-refractivity contribution in [3.05, 3.63) is 66.2 Å². The number of anilines is 1. The number of rotatable bonds is 8. The molecule has 3 saturated heterocycles. The summed E-state index contributed by atoms with van der Waals surface area (Å²) < 4.78 is 34.2. The molecule has 8 rings (SSSR count). The maximum Gasteiger partial charge on any atom is 0.212 e. The molecule has 0 radical (unpaired) electrons. The molecule has 0 aromatic carbocycles. The monoisotopic (exact) mass is 535 g/mol. The molecule has 2 atom stereocenters. The molecule has 200 valence electrons. The van der Waals surface area contributed by atoms with Gasteiger partial charge in [-0.3, -0.25) is 4.90 Å². The summed E-state index contributed by atoms with van der Waals surface area (Å²) in [5.74, 6) is 1.58. The summed E-state index contributed by atoms with van der Waals surface area (Å²) in [5, 5.41) is 23.5. The van der Waals surface area contributed by atoms with Gasteiger partial charge in [-0.15, -0.1) is 0 Å². The minimum atomic E-state index is -2.51. The highest BCUT2D eigenvalue weighted by molar-refractivity contribution is 5.85. The second-order valence-electron chi connectivity index (χ2n) is 10.9. The number of fused-ring (bicyclic) bond motifs is 3. The van der Waals surface area contributed by atoms with Crippen molar-refractivity contribution in [2.24, 2.45) is 5.41 Å². The molecule has 40 heavy (non-hydrogen) atoms. The zero-order chi connectivity index (χ0) is 29.8. The molecule has 4 fully saturated rings. The van der Waals surface area contributed by atoms with Gasteiger partial charge in [0.2, 0.25) is 5.88 Å². The van der Waals surface area contributed by atoms with Crippen LogP contribution in [0.3, 0.4) is 0 Å². The van der Waals surface area contributed by atoms with Gasteiger partial charge in [0, 0.05) is 61.3 Å². The number of hydrogen-bond donors (Lipinski definition) is 0. The third-order valence-electron chi connectivity index (χ3n) is 8.31. The molecule has 7 heterocycles. The molecule has 3 aliphatic heterocycles. The Morgan fingerprint density at radius 2 is 1.98 bits per heavy atom. The average molecular weight is 536 g/mol. The first-order valence-electron chi connectivity index (χ1n) is 14.8. The number of nitriles is 2. The van der Waals surface area contributed by atoms with Crippen LogP contribution in [0.2, 0.25) is 0 Å². The maximum atomic E-state index is 9.70. The smallest absolute Gasteiger partial charge is 0.212 e. The first kappa shape index (κ1) is 21.2. The van der Waals surface area contributed by atoms with E-state index in [-0.39, 0.29) is 5.88 Å². The number of hydrogen-bond acceptors (Lipinski definition) is 9. The largest absolute Gasteiger partial charge is 0.490 e. The maximum absolute atomic E-state index is 9.70. The second-order valence-corrected chi connectivity index (χ2v) is 10.9. The molecule has 0 N–H and O–H groups in total. The van der Waals surface area contributed by atoms with Crippen LogP contribution in [-0.4, -0.2) is 63.3 Å². The van der Waals surface area contributed by atoms with Crippen LogP contribution in [0.25, 0.3) is 16.6 Å². The molecule has 2 unspecified atom stereocenters. The zero-order valence-corrected chi connectivity index (χ0v) is 21.7. The van der Waals surface area contributed by atoms with Crippen LogP contribution in [-0.2, 0) is 6.54 Å². The van der Waals surface area contributed by atoms with E-state index in [1.165, 1.54) is 0 Å². The molecule has 4 aromatic rings. The van der Waals surface area contributed by atoms with Gasteiger partial charge < -0.3 is 14.4 Å². The number of methoxy groups -OCH3 is 1. The van der Waals surface area contributed by atoms with Crippen LogP contribution in [0.5, 0.6) is 11.6 Å². The molecular weight excluding hydrogens is 504 g/mol. The summed E-state index contributed by atoms with van der Waals surface area (Å²) in [7, 11) is -2.51. The van der Waals surface area contributed by atoms with Gasteiger partial charge in [0.15, 0.2) is 0 Å². The molecule has 2 bridgehead atoms. The first-order valence-corrected chi connectivity index (χ1v) is 13.3. The summed E-state index contributed by atoms with van der Waals surface area (Å²) in [4.78, 5) is 13.7. The van der Waals surface area contributed by atoms with E-state index in [0.717, 1.165) is 61.4 Å². The molecule has 10 heteroatoms. The molecule has 4 aromatic heterocycles. The predicted octanol–water partition coefficient (Wildman–Crippen LogP) is 3.82. The summed E-state index contributed by atoms with van der Waals surface area (Å²) in [6.07, 6.45) is 9.60. The van der Waals surface area contributed by atoms with Gasteiger partial charge in [0.05, 0.1) is 46.1 Å². The lowest BCUT2D eigenvalue weighted by molar-refractivity contribution is -0.00876. The van der Waals surface area contributed by atoms with Crippen molar-refractivity contribution in [1.29, 1.82) is 10.5 Å². The van der Waals surface area contributed by atoms with E-state index in [0.29, 0.717) is 35.5 Å². The Kier molecular flexibility index (Phi) is 5.04. The van der Waals surface area contributed by atoms with Crippen LogP contribution < -0.4 is 14.4 Å². The number of ether oxygens (including phenoxy) is 2. The van der Waals surface area contributed by atoms with E-state index < -0.39 is 12.5 Å². The van der Waals surface area contributed by atoms with Gasteiger partial charge in [-0.2, -0.15) is 15.6 Å². The van der Waals surface area contributed by atoms with E-state index in [4.69, 9.17) is 18.6 Å². The standard InChI is InChI=1S/C30H28N8O2/c1-39-28-5-2-20(11-34-28)14-37-23-8-24(37)16-36(15-23)27-4-3-21(12-33-27)26-9-25(40-19-30(18-32)6-7-30)17-38-29(26)22(10-31)13-35-38/h2-5,9,11-13,17,23-24H,6-8,14-16,19H2,1H3/i1D3. The fraction of sp³-hybridized carbons (Fsp3) is 0.367. The topological polar surface area (TPSA) is 116 Å². The minimum Gasteiger partial charge on any atom is -0.490 e. The Balaban J connectivity index is 1.04. The van der Waals surface area contributed by atoms with E-state index in [1.807, 2.05) is 30.5 Å². The van der Waals surface area contributed by atoms with Crippen molar-refractivity contribution in [3.63, 3.8) is 0 Å². The Hall–Kier alpha value is -4.67. The van der Waals surface area contributed by atoms with Crippen LogP contribution in [0, 0.1) is 28.1 Å². The Morgan fingerprint density at radius 3 is 2.65 bits per heavy atom. The van der Waals surface area contributed by atoms with Crippen molar-refractivity contribution in [2.75, 3.05) is 31.6 Å². The van der Waals surface area contributed by atoms with Gasteiger partial charge in [0.25, 0.3) is 0 Å². The van der Waals surface area contributed by atoms with E-state index in [2.05, 4.69) is 32.0 Å². The molecule has 4 aliphatic rings. The molecule has 0 spiro atoms. The summed E-state index contributed by atoms with van der Waals surface area (Å²) in [5.41, 5.74) is 3.41. The van der Waals surface area contributed by atoms with Crippen molar-refractivity contribution < 1.29 is 13.6 Å². The third-order valence-corrected chi connectivity index (χ3v) is 8.31. The van der Waals surface area contributed by atoms with Crippen molar-refractivity contribution >= 4 is 11.3 Å². The SMILES string of the molecule is [2H]C([2H])([2H])Oc1ccc(CN2C3CC2CN(c2ccc(-c4cc(OCC5(C#N)CC5)cn5ncc(C#N)c45)cn2)C3)cn1. The highest BCUT2D eigenvalue weighted by atomic mass is 16.5. The van der Waals surface area contributed by atoms with Gasteiger partial charge in [0.1, 0.15) is 24.2 Å². The fourth-order valence-electron chi connectivity index (χ4n) is 5.78. The zero-order valence-electron chi connectivity index (χ0n) is 24.7. The molecular formula is C30H28N8O2. The van der Waals surface area contributed by atoms with E-state index in [1.54, 1.807) is 29.2 Å². The summed E-state index contributed by atoms with van der Waals surface area (Å²) in [6.45, 7) is 2.78. The summed E-state index contributed by atoms with van der Waals surface area (Å²) in [6, 6.07) is 14.7. The van der Waals surface area contributed by atoms with Crippen LogP contribution in [0.4, 0.5) is 5.82 Å². The van der Waals surface area contributed by atoms with Gasteiger partial charge in [-0.1, -0.05) is 6.07 Å². The highest BCUT2D eigenvalue weighted by Crippen LogP contribution is 2.45. The summed E-state index contributed by atoms with van der Waals surface area (Å²) >= 11 is 0. The van der Waals surface area contributed by atoms with Gasteiger partial charge in [-0.05, 0) is 43.0 Å². The quantitative estimate of drug-likeness (QED) is 0.332. The lowest BCUT2D eigenvalue weighted by atomic mass is 9.87. The predicted molar refractivity (Wildman–Crippen MR) is 147 cm³/mol. The van der Waals surface area contributed by atoms with Crippen molar-refractivity contribution in [3.8, 4) is 34.9 Å². The van der Waals surface area contributed by atoms with Gasteiger partial charge in [-0.25, -0.2) is 14.5 Å². The minimum absolute atomic E-state index is 0.0935. The van der Waals surface area contributed by atoms with E-state index >= 15 is 0 Å². The molecule has 1 saturated carbocycles. The Bertz CT molecular complexity index is 1740. The number of pyridine rings is 3. The Morgan fingerprint density at radius 1 is 1.10 bits per heavy atom. The lowest BCUT2D eigenvalue weighted by Crippen LogP contribution is -2.68. The molecule has 1 aliphatic carbocycles. The van der Waals surface area contributed by atoms with Crippen molar-refractivity contribution in [2.45, 2.75) is 37.9 Å². The van der Waals surface area contributed by atoms with Crippen LogP contribution in [0.15, 0.2) is 55.1 Å². The highest BCUT2D eigenvalue weighted by Gasteiger charge is 2.45. The van der Waals surface area contributed by atoms with Crippen LogP contribution >= 0.6 is 0 Å². The number of aromatic nitrogens is 4. The molecule has 10 nitrogen and oxygen atoms in total. The normalized spacial score (nSPS) is 22.2. The van der Waals surface area contributed by atoms with Gasteiger partial charge >= 0.3 is 0 Å². The third kappa shape index (κ3) is 4.27. The lowest BCUT2D eigenvalue weighted by Gasteiger charge is -2.56.